The predicted octanol–water partition coefficient (Wildman–Crippen LogP) is 0.787. The van der Waals surface area contributed by atoms with E-state index in [1.165, 1.54) is 18.2 Å². The van der Waals surface area contributed by atoms with Gasteiger partial charge in [0, 0.05) is 6.54 Å². The van der Waals surface area contributed by atoms with E-state index in [1.807, 2.05) is 0 Å². The number of carboxylic acid groups (broad SMARTS) is 1. The first-order chi connectivity index (χ1) is 8.52. The van der Waals surface area contributed by atoms with Crippen molar-refractivity contribution in [3.05, 3.63) is 23.8 Å². The molecular formula is C12H13NO5. The molecule has 1 atom stereocenters. The highest BCUT2D eigenvalue weighted by atomic mass is 16.4. The first kappa shape index (κ1) is 12.2. The van der Waals surface area contributed by atoms with Crippen molar-refractivity contribution in [2.75, 3.05) is 6.54 Å². The third-order valence-electron chi connectivity index (χ3n) is 3.03. The van der Waals surface area contributed by atoms with Gasteiger partial charge in [0.2, 0.25) is 0 Å². The van der Waals surface area contributed by atoms with Crippen molar-refractivity contribution in [3.63, 3.8) is 0 Å². The molecule has 6 heteroatoms. The Morgan fingerprint density at radius 2 is 1.83 bits per heavy atom. The maximum Gasteiger partial charge on any atom is 0.326 e. The Bertz CT molecular complexity index is 479. The van der Waals surface area contributed by atoms with Crippen LogP contribution in [0.4, 0.5) is 0 Å². The summed E-state index contributed by atoms with van der Waals surface area (Å²) >= 11 is 0. The van der Waals surface area contributed by atoms with Crippen molar-refractivity contribution in [1.29, 1.82) is 0 Å². The second kappa shape index (κ2) is 4.56. The van der Waals surface area contributed by atoms with Gasteiger partial charge in [0.25, 0.3) is 5.91 Å². The molecule has 3 N–H and O–H groups in total. The largest absolute Gasteiger partial charge is 0.507 e. The second-order valence-corrected chi connectivity index (χ2v) is 4.17. The molecule has 1 amide bonds. The lowest BCUT2D eigenvalue weighted by Gasteiger charge is -2.22. The molecule has 1 aromatic rings. The summed E-state index contributed by atoms with van der Waals surface area (Å²) in [4.78, 5) is 24.3. The van der Waals surface area contributed by atoms with Crippen molar-refractivity contribution >= 4 is 11.9 Å². The SMILES string of the molecule is O=C(O)[C@@H]1CCCN1C(=O)c1c(O)cccc1O. The van der Waals surface area contributed by atoms with Gasteiger partial charge in [0.15, 0.2) is 0 Å². The third kappa shape index (κ3) is 1.97. The van der Waals surface area contributed by atoms with Gasteiger partial charge >= 0.3 is 5.97 Å². The van der Waals surface area contributed by atoms with Gasteiger partial charge in [0.05, 0.1) is 0 Å². The number of benzene rings is 1. The monoisotopic (exact) mass is 251 g/mol. The molecule has 6 nitrogen and oxygen atoms in total. The fourth-order valence-electron chi connectivity index (χ4n) is 2.16. The molecule has 96 valence electrons. The minimum atomic E-state index is -1.07. The fourth-order valence-corrected chi connectivity index (χ4v) is 2.16. The van der Waals surface area contributed by atoms with Crippen LogP contribution in [-0.2, 0) is 4.79 Å². The second-order valence-electron chi connectivity index (χ2n) is 4.17. The molecule has 0 radical (unpaired) electrons. The summed E-state index contributed by atoms with van der Waals surface area (Å²) in [5, 5.41) is 28.2. The first-order valence-electron chi connectivity index (χ1n) is 5.57. The molecule has 0 spiro atoms. The molecule has 0 saturated carbocycles. The number of nitrogens with zero attached hydrogens (tertiary/aromatic N) is 1. The van der Waals surface area contributed by atoms with E-state index < -0.39 is 17.9 Å². The molecule has 0 aliphatic carbocycles. The van der Waals surface area contributed by atoms with E-state index in [9.17, 15) is 19.8 Å². The van der Waals surface area contributed by atoms with Gasteiger partial charge in [-0.25, -0.2) is 4.79 Å². The minimum Gasteiger partial charge on any atom is -0.507 e. The highest BCUT2D eigenvalue weighted by molar-refractivity contribution is 6.01. The lowest BCUT2D eigenvalue weighted by molar-refractivity contribution is -0.141. The summed E-state index contributed by atoms with van der Waals surface area (Å²) in [7, 11) is 0. The number of aromatic hydroxyl groups is 2. The van der Waals surface area contributed by atoms with Crippen molar-refractivity contribution in [2.24, 2.45) is 0 Å². The van der Waals surface area contributed by atoms with Gasteiger partial charge < -0.3 is 20.2 Å². The smallest absolute Gasteiger partial charge is 0.326 e. The van der Waals surface area contributed by atoms with Crippen molar-refractivity contribution in [1.82, 2.24) is 4.90 Å². The van der Waals surface area contributed by atoms with Crippen LogP contribution in [0, 0.1) is 0 Å². The minimum absolute atomic E-state index is 0.245. The van der Waals surface area contributed by atoms with E-state index in [4.69, 9.17) is 5.11 Å². The van der Waals surface area contributed by atoms with Crippen molar-refractivity contribution in [3.8, 4) is 11.5 Å². The normalized spacial score (nSPS) is 18.9. The van der Waals surface area contributed by atoms with Crippen LogP contribution >= 0.6 is 0 Å². The third-order valence-corrected chi connectivity index (χ3v) is 3.03. The van der Waals surface area contributed by atoms with Gasteiger partial charge in [0.1, 0.15) is 23.1 Å². The zero-order chi connectivity index (χ0) is 13.3. The molecule has 2 rings (SSSR count). The number of hydrogen-bond acceptors (Lipinski definition) is 4. The molecule has 0 aromatic heterocycles. The molecule has 18 heavy (non-hydrogen) atoms. The summed E-state index contributed by atoms with van der Waals surface area (Å²) in [5.74, 6) is -2.43. The van der Waals surface area contributed by atoms with Crippen molar-refractivity contribution < 1.29 is 24.9 Å². The van der Waals surface area contributed by atoms with E-state index >= 15 is 0 Å². The summed E-state index contributed by atoms with van der Waals surface area (Å²) in [6.07, 6.45) is 0.979. The van der Waals surface area contributed by atoms with Gasteiger partial charge in [-0.1, -0.05) is 6.07 Å². The quantitative estimate of drug-likeness (QED) is 0.721. The molecule has 1 aliphatic rings. The number of likely N-dealkylation sites (tertiary alicyclic amines) is 1. The Labute approximate surface area is 103 Å². The summed E-state index contributed by atoms with van der Waals surface area (Å²) in [5.41, 5.74) is -0.245. The molecule has 1 aliphatic heterocycles. The van der Waals surface area contributed by atoms with E-state index in [-0.39, 0.29) is 17.1 Å². The van der Waals surface area contributed by atoms with Crippen LogP contribution in [-0.4, -0.2) is 44.7 Å². The van der Waals surface area contributed by atoms with Crippen LogP contribution in [0.5, 0.6) is 11.5 Å². The van der Waals surface area contributed by atoms with E-state index in [0.29, 0.717) is 19.4 Å². The number of rotatable bonds is 2. The van der Waals surface area contributed by atoms with Crippen LogP contribution < -0.4 is 0 Å². The number of carbonyl (C=O) groups excluding carboxylic acids is 1. The van der Waals surface area contributed by atoms with Gasteiger partial charge in [-0.05, 0) is 25.0 Å². The van der Waals surface area contributed by atoms with Crippen molar-refractivity contribution in [2.45, 2.75) is 18.9 Å². The highest BCUT2D eigenvalue weighted by Gasteiger charge is 2.36. The Hall–Kier alpha value is -2.24. The Morgan fingerprint density at radius 1 is 1.22 bits per heavy atom. The number of carbonyl (C=O) groups is 2. The standard InChI is InChI=1S/C12H13NO5/c14-8-4-1-5-9(15)10(8)11(16)13-6-2-3-7(13)12(17)18/h1,4-5,7,14-15H,2-3,6H2,(H,17,18)/t7-/m0/s1. The molecule has 1 heterocycles. The summed E-state index contributed by atoms with van der Waals surface area (Å²) in [6, 6.07) is 3.06. The topological polar surface area (TPSA) is 98.1 Å². The number of carboxylic acids is 1. The Balaban J connectivity index is 2.34. The zero-order valence-electron chi connectivity index (χ0n) is 9.54. The lowest BCUT2D eigenvalue weighted by atomic mass is 10.1. The van der Waals surface area contributed by atoms with Gasteiger partial charge in [-0.2, -0.15) is 0 Å². The maximum atomic E-state index is 12.1. The number of phenolic OH excluding ortho intramolecular Hbond substituents is 2. The van der Waals surface area contributed by atoms with E-state index in [0.717, 1.165) is 4.90 Å². The average Bonchev–Trinajstić information content (AvgIpc) is 2.77. The Morgan fingerprint density at radius 3 is 2.39 bits per heavy atom. The molecule has 0 unspecified atom stereocenters. The maximum absolute atomic E-state index is 12.1. The zero-order valence-corrected chi connectivity index (χ0v) is 9.54. The van der Waals surface area contributed by atoms with Crippen LogP contribution in [0.2, 0.25) is 0 Å². The summed E-state index contributed by atoms with van der Waals surface area (Å²) < 4.78 is 0. The first-order valence-corrected chi connectivity index (χ1v) is 5.57. The van der Waals surface area contributed by atoms with Gasteiger partial charge in [-0.15, -0.1) is 0 Å². The molecule has 1 aromatic carbocycles. The number of phenols is 2. The molecule has 0 bridgehead atoms. The number of hydrogen-bond donors (Lipinski definition) is 3. The van der Waals surface area contributed by atoms with Crippen LogP contribution in [0.25, 0.3) is 0 Å². The van der Waals surface area contributed by atoms with E-state index in [1.54, 1.807) is 0 Å². The molecule has 1 fully saturated rings. The van der Waals surface area contributed by atoms with Crippen LogP contribution in [0.3, 0.4) is 0 Å². The molecular weight excluding hydrogens is 238 g/mol. The highest BCUT2D eigenvalue weighted by Crippen LogP contribution is 2.30. The number of aliphatic carboxylic acids is 1. The average molecular weight is 251 g/mol. The summed E-state index contributed by atoms with van der Waals surface area (Å²) in [6.45, 7) is 0.309. The fraction of sp³-hybridized carbons (Fsp3) is 0.333. The Kier molecular flexibility index (Phi) is 3.10. The van der Waals surface area contributed by atoms with E-state index in [2.05, 4.69) is 0 Å². The molecule has 1 saturated heterocycles. The van der Waals surface area contributed by atoms with Crippen LogP contribution in [0.15, 0.2) is 18.2 Å². The van der Waals surface area contributed by atoms with Crippen LogP contribution in [0.1, 0.15) is 23.2 Å². The number of amides is 1. The lowest BCUT2D eigenvalue weighted by Crippen LogP contribution is -2.40. The van der Waals surface area contributed by atoms with Gasteiger partial charge in [-0.3, -0.25) is 4.79 Å². The predicted molar refractivity (Wildman–Crippen MR) is 61.5 cm³/mol.